The number of aliphatic hydroxyl groups excluding tert-OH is 1. The van der Waals surface area contributed by atoms with E-state index in [1.165, 1.54) is 21.1 Å². The SMILES string of the molecule is COc1cc(CC[C@@H](C[C@@H](OC(C)=O)[C@H]2CCc3cc(O)c(OC)cc3C2)OC(=O)Cc2cccc(CO)c2)ccc1O. The van der Waals surface area contributed by atoms with Gasteiger partial charge in [-0.25, -0.2) is 0 Å². The van der Waals surface area contributed by atoms with Gasteiger partial charge in [-0.2, -0.15) is 0 Å². The van der Waals surface area contributed by atoms with Crippen molar-refractivity contribution in [2.45, 2.75) is 70.7 Å². The maximum absolute atomic E-state index is 13.1. The zero-order chi connectivity index (χ0) is 30.9. The molecule has 0 aromatic heterocycles. The molecule has 9 heteroatoms. The average molecular weight is 593 g/mol. The van der Waals surface area contributed by atoms with Crippen molar-refractivity contribution in [2.24, 2.45) is 5.92 Å². The fraction of sp³-hybridized carbons (Fsp3) is 0.412. The second-order valence-corrected chi connectivity index (χ2v) is 11.0. The predicted molar refractivity (Wildman–Crippen MR) is 159 cm³/mol. The molecule has 3 N–H and O–H groups in total. The van der Waals surface area contributed by atoms with Crippen LogP contribution < -0.4 is 9.47 Å². The molecule has 0 unspecified atom stereocenters. The summed E-state index contributed by atoms with van der Waals surface area (Å²) in [5.74, 6) is 0.0319. The number of carbonyl (C=O) groups is 2. The summed E-state index contributed by atoms with van der Waals surface area (Å²) >= 11 is 0. The molecule has 0 saturated heterocycles. The van der Waals surface area contributed by atoms with Crippen LogP contribution in [0.1, 0.15) is 54.0 Å². The van der Waals surface area contributed by atoms with Gasteiger partial charge < -0.3 is 34.3 Å². The Morgan fingerprint density at radius 3 is 2.35 bits per heavy atom. The molecule has 0 bridgehead atoms. The number of aryl methyl sites for hydroxylation is 2. The van der Waals surface area contributed by atoms with Crippen LogP contribution in [-0.4, -0.2) is 53.7 Å². The molecule has 3 aromatic rings. The van der Waals surface area contributed by atoms with Crippen LogP contribution >= 0.6 is 0 Å². The zero-order valence-corrected chi connectivity index (χ0v) is 24.9. The minimum Gasteiger partial charge on any atom is -0.504 e. The van der Waals surface area contributed by atoms with Gasteiger partial charge in [-0.3, -0.25) is 9.59 Å². The average Bonchev–Trinajstić information content (AvgIpc) is 2.99. The quantitative estimate of drug-likeness (QED) is 0.239. The standard InChI is InChI=1S/C34H40O9/c1-21(36)42-31(26-10-9-25-17-30(38)33(41-3)18-27(25)16-26)19-28(11-7-22-8-12-29(37)32(14-22)40-2)43-34(39)15-23-5-4-6-24(13-23)20-35/h4-6,8,12-14,17-18,26,28,31,35,37-38H,7,9-11,15-16,19-20H2,1-3H3/t26-,28-,31+/m0/s1. The fourth-order valence-corrected chi connectivity index (χ4v) is 5.75. The lowest BCUT2D eigenvalue weighted by Crippen LogP contribution is -2.35. The first-order chi connectivity index (χ1) is 20.7. The number of benzene rings is 3. The molecule has 1 aliphatic carbocycles. The number of rotatable bonds is 13. The van der Waals surface area contributed by atoms with Crippen LogP contribution in [0.25, 0.3) is 0 Å². The molecule has 1 aliphatic rings. The highest BCUT2D eigenvalue weighted by Gasteiger charge is 2.32. The first-order valence-electron chi connectivity index (χ1n) is 14.5. The van der Waals surface area contributed by atoms with Gasteiger partial charge in [0.15, 0.2) is 23.0 Å². The molecule has 0 saturated carbocycles. The van der Waals surface area contributed by atoms with Crippen LogP contribution in [0.5, 0.6) is 23.0 Å². The van der Waals surface area contributed by atoms with Crippen LogP contribution in [-0.2, 0) is 51.4 Å². The van der Waals surface area contributed by atoms with Gasteiger partial charge >= 0.3 is 11.9 Å². The number of hydrogen-bond donors (Lipinski definition) is 3. The molecule has 0 amide bonds. The molecule has 0 fully saturated rings. The van der Waals surface area contributed by atoms with Gasteiger partial charge in [0.1, 0.15) is 12.2 Å². The molecule has 4 rings (SSSR count). The monoisotopic (exact) mass is 592 g/mol. The molecule has 0 aliphatic heterocycles. The molecule has 0 radical (unpaired) electrons. The number of aliphatic hydroxyl groups is 1. The highest BCUT2D eigenvalue weighted by atomic mass is 16.6. The third-order valence-electron chi connectivity index (χ3n) is 7.93. The maximum atomic E-state index is 13.1. The number of phenolic OH excluding ortho intramolecular Hbond substituents is 2. The van der Waals surface area contributed by atoms with Gasteiger partial charge in [-0.05, 0) is 84.2 Å². The predicted octanol–water partition coefficient (Wildman–Crippen LogP) is 4.82. The second-order valence-electron chi connectivity index (χ2n) is 11.0. The minimum atomic E-state index is -0.562. The smallest absolute Gasteiger partial charge is 0.310 e. The number of ether oxygens (including phenoxy) is 4. The molecule has 3 atom stereocenters. The van der Waals surface area contributed by atoms with Gasteiger partial charge in [0, 0.05) is 19.3 Å². The lowest BCUT2D eigenvalue weighted by Gasteiger charge is -2.33. The number of carbonyl (C=O) groups excluding carboxylic acids is 2. The largest absolute Gasteiger partial charge is 0.504 e. The van der Waals surface area contributed by atoms with E-state index in [-0.39, 0.29) is 30.4 Å². The van der Waals surface area contributed by atoms with E-state index in [4.69, 9.17) is 18.9 Å². The molecule has 230 valence electrons. The Hall–Kier alpha value is -4.24. The Morgan fingerprint density at radius 1 is 0.884 bits per heavy atom. The Bertz CT molecular complexity index is 1420. The number of esters is 2. The highest BCUT2D eigenvalue weighted by molar-refractivity contribution is 5.72. The third kappa shape index (κ3) is 8.64. The van der Waals surface area contributed by atoms with Crippen LogP contribution in [0.4, 0.5) is 0 Å². The van der Waals surface area contributed by atoms with Crippen LogP contribution in [0, 0.1) is 5.92 Å². The number of phenols is 2. The molecule has 0 spiro atoms. The van der Waals surface area contributed by atoms with Crippen molar-refractivity contribution in [1.29, 1.82) is 0 Å². The summed E-state index contributed by atoms with van der Waals surface area (Å²) in [4.78, 5) is 25.4. The summed E-state index contributed by atoms with van der Waals surface area (Å²) in [6, 6.07) is 15.8. The first kappa shape index (κ1) is 31.7. The van der Waals surface area contributed by atoms with Crippen molar-refractivity contribution < 1.29 is 43.9 Å². The van der Waals surface area contributed by atoms with Crippen LogP contribution in [0.2, 0.25) is 0 Å². The fourth-order valence-electron chi connectivity index (χ4n) is 5.75. The van der Waals surface area contributed by atoms with E-state index < -0.39 is 24.1 Å². The number of hydrogen-bond acceptors (Lipinski definition) is 9. The topological polar surface area (TPSA) is 132 Å². The molecule has 9 nitrogen and oxygen atoms in total. The minimum absolute atomic E-state index is 0.0261. The Balaban J connectivity index is 1.54. The number of methoxy groups -OCH3 is 2. The third-order valence-corrected chi connectivity index (χ3v) is 7.93. The summed E-state index contributed by atoms with van der Waals surface area (Å²) < 4.78 is 22.4. The van der Waals surface area contributed by atoms with E-state index in [1.54, 1.807) is 42.5 Å². The van der Waals surface area contributed by atoms with Gasteiger partial charge in [0.25, 0.3) is 0 Å². The summed E-state index contributed by atoms with van der Waals surface area (Å²) in [5.41, 5.74) is 4.40. The maximum Gasteiger partial charge on any atom is 0.310 e. The van der Waals surface area contributed by atoms with E-state index in [2.05, 4.69) is 0 Å². The Morgan fingerprint density at radius 2 is 1.63 bits per heavy atom. The summed E-state index contributed by atoms with van der Waals surface area (Å²) in [5, 5.41) is 29.7. The first-order valence-corrected chi connectivity index (χ1v) is 14.5. The summed E-state index contributed by atoms with van der Waals surface area (Å²) in [6.07, 6.45) is 2.33. The van der Waals surface area contributed by atoms with Gasteiger partial charge in [0.05, 0.1) is 27.2 Å². The number of aromatic hydroxyl groups is 2. The Labute approximate surface area is 252 Å². The van der Waals surface area contributed by atoms with Crippen molar-refractivity contribution in [2.75, 3.05) is 14.2 Å². The van der Waals surface area contributed by atoms with Crippen molar-refractivity contribution in [3.8, 4) is 23.0 Å². The zero-order valence-electron chi connectivity index (χ0n) is 24.9. The highest BCUT2D eigenvalue weighted by Crippen LogP contribution is 2.37. The number of fused-ring (bicyclic) bond motifs is 1. The van der Waals surface area contributed by atoms with E-state index in [0.29, 0.717) is 49.2 Å². The molecular weight excluding hydrogens is 552 g/mol. The van der Waals surface area contributed by atoms with E-state index >= 15 is 0 Å². The molecule has 3 aromatic carbocycles. The molecule has 0 heterocycles. The Kier molecular flexibility index (Phi) is 10.9. The normalized spacial score (nSPS) is 15.6. The van der Waals surface area contributed by atoms with Crippen molar-refractivity contribution in [3.05, 3.63) is 82.4 Å². The van der Waals surface area contributed by atoms with Gasteiger partial charge in [-0.1, -0.05) is 30.3 Å². The van der Waals surface area contributed by atoms with E-state index in [1.807, 2.05) is 12.1 Å². The lowest BCUT2D eigenvalue weighted by atomic mass is 9.79. The van der Waals surface area contributed by atoms with Crippen LogP contribution in [0.15, 0.2) is 54.6 Å². The second kappa shape index (κ2) is 14.8. The molecule has 43 heavy (non-hydrogen) atoms. The van der Waals surface area contributed by atoms with Crippen molar-refractivity contribution in [1.82, 2.24) is 0 Å². The van der Waals surface area contributed by atoms with E-state index in [9.17, 15) is 24.9 Å². The van der Waals surface area contributed by atoms with Crippen LogP contribution in [0.3, 0.4) is 0 Å². The van der Waals surface area contributed by atoms with Crippen molar-refractivity contribution in [3.63, 3.8) is 0 Å². The van der Waals surface area contributed by atoms with Crippen molar-refractivity contribution >= 4 is 11.9 Å². The summed E-state index contributed by atoms with van der Waals surface area (Å²) in [7, 11) is 2.99. The summed E-state index contributed by atoms with van der Waals surface area (Å²) in [6.45, 7) is 1.25. The van der Waals surface area contributed by atoms with E-state index in [0.717, 1.165) is 28.7 Å². The molecular formula is C34H40O9. The van der Waals surface area contributed by atoms with Gasteiger partial charge in [0.2, 0.25) is 0 Å². The lowest BCUT2D eigenvalue weighted by molar-refractivity contribution is -0.156. The van der Waals surface area contributed by atoms with Gasteiger partial charge in [-0.15, -0.1) is 0 Å².